The summed E-state index contributed by atoms with van der Waals surface area (Å²) < 4.78 is 43.5. The van der Waals surface area contributed by atoms with Gasteiger partial charge in [-0.3, -0.25) is 4.79 Å². The van der Waals surface area contributed by atoms with Crippen LogP contribution in [-0.4, -0.2) is 26.2 Å². The molecule has 1 atom stereocenters. The largest absolute Gasteiger partial charge is 0.393 e. The number of fused-ring (bicyclic) bond motifs is 1. The molecule has 0 bridgehead atoms. The van der Waals surface area contributed by atoms with E-state index in [-0.39, 0.29) is 23.1 Å². The first kappa shape index (κ1) is 24.2. The van der Waals surface area contributed by atoms with Gasteiger partial charge in [0.25, 0.3) is 11.5 Å². The van der Waals surface area contributed by atoms with Crippen molar-refractivity contribution in [2.45, 2.75) is 76.9 Å². The summed E-state index contributed by atoms with van der Waals surface area (Å²) in [5, 5.41) is 13.5. The van der Waals surface area contributed by atoms with Crippen molar-refractivity contribution in [3.63, 3.8) is 0 Å². The SMILES string of the molecule is CCC(F)(F)c1cccc([C@@H](C)Nc2nc(C)nc3[nH]c(=O)c(C4CCC(O)CC4)cc23)c1F. The highest BCUT2D eigenvalue weighted by molar-refractivity contribution is 5.87. The van der Waals surface area contributed by atoms with Gasteiger partial charge in [-0.2, -0.15) is 0 Å². The molecule has 3 aromatic rings. The number of anilines is 1. The van der Waals surface area contributed by atoms with Crippen molar-refractivity contribution in [3.05, 3.63) is 63.0 Å². The number of nitrogens with zero attached hydrogens (tertiary/aromatic N) is 2. The molecule has 0 unspecified atom stereocenters. The van der Waals surface area contributed by atoms with Gasteiger partial charge in [0.1, 0.15) is 23.1 Å². The summed E-state index contributed by atoms with van der Waals surface area (Å²) in [6.07, 6.45) is 1.82. The maximum Gasteiger partial charge on any atom is 0.275 e. The number of hydrogen-bond donors (Lipinski definition) is 3. The zero-order chi connectivity index (χ0) is 24.6. The molecule has 1 saturated carbocycles. The van der Waals surface area contributed by atoms with Crippen molar-refractivity contribution < 1.29 is 18.3 Å². The summed E-state index contributed by atoms with van der Waals surface area (Å²) in [6.45, 7) is 4.66. The first-order valence-electron chi connectivity index (χ1n) is 11.6. The van der Waals surface area contributed by atoms with Crippen LogP contribution in [0.1, 0.15) is 80.4 Å². The molecule has 0 radical (unpaired) electrons. The fourth-order valence-corrected chi connectivity index (χ4v) is 4.65. The van der Waals surface area contributed by atoms with E-state index < -0.39 is 29.8 Å². The third-order valence-electron chi connectivity index (χ3n) is 6.67. The summed E-state index contributed by atoms with van der Waals surface area (Å²) in [7, 11) is 0. The zero-order valence-electron chi connectivity index (χ0n) is 19.5. The summed E-state index contributed by atoms with van der Waals surface area (Å²) in [4.78, 5) is 24.4. The van der Waals surface area contributed by atoms with Gasteiger partial charge in [-0.15, -0.1) is 0 Å². The van der Waals surface area contributed by atoms with E-state index in [1.54, 1.807) is 19.9 Å². The molecule has 0 aliphatic heterocycles. The van der Waals surface area contributed by atoms with Gasteiger partial charge in [0, 0.05) is 17.5 Å². The molecule has 1 aromatic carbocycles. The number of pyridine rings is 1. The number of aromatic amines is 1. The average molecular weight is 475 g/mol. The van der Waals surface area contributed by atoms with E-state index in [1.807, 2.05) is 0 Å². The smallest absolute Gasteiger partial charge is 0.275 e. The molecule has 182 valence electrons. The fraction of sp³-hybridized carbons (Fsp3) is 0.480. The van der Waals surface area contributed by atoms with Crippen LogP contribution in [0.3, 0.4) is 0 Å². The molecule has 2 aromatic heterocycles. The number of aromatic nitrogens is 3. The Hall–Kier alpha value is -2.94. The second kappa shape index (κ2) is 9.37. The van der Waals surface area contributed by atoms with Crippen LogP contribution >= 0.6 is 0 Å². The number of alkyl halides is 2. The molecule has 2 heterocycles. The molecule has 1 fully saturated rings. The van der Waals surface area contributed by atoms with Gasteiger partial charge in [-0.1, -0.05) is 25.1 Å². The Balaban J connectivity index is 1.73. The maximum absolute atomic E-state index is 15.1. The van der Waals surface area contributed by atoms with E-state index in [9.17, 15) is 18.7 Å². The van der Waals surface area contributed by atoms with Crippen LogP contribution in [0.5, 0.6) is 0 Å². The zero-order valence-corrected chi connectivity index (χ0v) is 19.5. The average Bonchev–Trinajstić information content (AvgIpc) is 2.79. The molecule has 6 nitrogen and oxygen atoms in total. The quantitative estimate of drug-likeness (QED) is 0.441. The summed E-state index contributed by atoms with van der Waals surface area (Å²) >= 11 is 0. The highest BCUT2D eigenvalue weighted by Gasteiger charge is 2.34. The Morgan fingerprint density at radius 3 is 2.62 bits per heavy atom. The number of H-pyrrole nitrogens is 1. The predicted molar refractivity (Wildman–Crippen MR) is 125 cm³/mol. The molecule has 0 saturated heterocycles. The molecular formula is C25H29F3N4O2. The van der Waals surface area contributed by atoms with Gasteiger partial charge in [0.05, 0.1) is 23.1 Å². The fourth-order valence-electron chi connectivity index (χ4n) is 4.65. The number of hydrogen-bond acceptors (Lipinski definition) is 5. The normalized spacial score (nSPS) is 19.9. The minimum absolute atomic E-state index is 0.00790. The van der Waals surface area contributed by atoms with Crippen LogP contribution in [0, 0.1) is 12.7 Å². The van der Waals surface area contributed by atoms with Gasteiger partial charge in [0.15, 0.2) is 0 Å². The minimum atomic E-state index is -3.26. The lowest BCUT2D eigenvalue weighted by atomic mass is 9.83. The molecule has 0 amide bonds. The highest BCUT2D eigenvalue weighted by Crippen LogP contribution is 2.37. The number of benzene rings is 1. The maximum atomic E-state index is 15.1. The van der Waals surface area contributed by atoms with Crippen molar-refractivity contribution in [2.75, 3.05) is 5.32 Å². The van der Waals surface area contributed by atoms with E-state index in [4.69, 9.17) is 0 Å². The second-order valence-electron chi connectivity index (χ2n) is 9.07. The summed E-state index contributed by atoms with van der Waals surface area (Å²) in [5.41, 5.74) is 0.181. The van der Waals surface area contributed by atoms with Crippen molar-refractivity contribution in [1.29, 1.82) is 0 Å². The molecule has 1 aliphatic rings. The highest BCUT2D eigenvalue weighted by atomic mass is 19.3. The molecule has 34 heavy (non-hydrogen) atoms. The van der Waals surface area contributed by atoms with E-state index in [2.05, 4.69) is 20.3 Å². The third kappa shape index (κ3) is 4.66. The Morgan fingerprint density at radius 1 is 1.24 bits per heavy atom. The van der Waals surface area contributed by atoms with E-state index in [0.29, 0.717) is 53.9 Å². The number of aliphatic hydroxyl groups is 1. The second-order valence-corrected chi connectivity index (χ2v) is 9.07. The van der Waals surface area contributed by atoms with Crippen molar-refractivity contribution in [3.8, 4) is 0 Å². The summed E-state index contributed by atoms with van der Waals surface area (Å²) in [6, 6.07) is 5.08. The Bertz CT molecular complexity index is 1250. The number of aryl methyl sites for hydroxylation is 1. The lowest BCUT2D eigenvalue weighted by Gasteiger charge is -2.25. The topological polar surface area (TPSA) is 90.9 Å². The van der Waals surface area contributed by atoms with Crippen LogP contribution in [0.4, 0.5) is 19.0 Å². The van der Waals surface area contributed by atoms with Crippen LogP contribution in [0.25, 0.3) is 11.0 Å². The Labute approximate surface area is 195 Å². The molecule has 9 heteroatoms. The number of halogens is 3. The molecule has 3 N–H and O–H groups in total. The van der Waals surface area contributed by atoms with Crippen LogP contribution in [0.15, 0.2) is 29.1 Å². The van der Waals surface area contributed by atoms with Crippen LogP contribution < -0.4 is 10.9 Å². The van der Waals surface area contributed by atoms with Crippen LogP contribution in [0.2, 0.25) is 0 Å². The minimum Gasteiger partial charge on any atom is -0.393 e. The Morgan fingerprint density at radius 2 is 1.94 bits per heavy atom. The molecular weight excluding hydrogens is 445 g/mol. The van der Waals surface area contributed by atoms with E-state index >= 15 is 4.39 Å². The standard InChI is InChI=1S/C25H29F3N4O2/c1-4-25(27,28)20-7-5-6-17(21(20)26)13(2)29-22-19-12-18(15-8-10-16(33)11-9-15)24(34)32-23(19)31-14(3)30-22/h5-7,12-13,15-16,33H,4,8-11H2,1-3H3,(H2,29,30,31,32,34)/t13-,15?,16?/m1/s1. The van der Waals surface area contributed by atoms with Crippen LogP contribution in [-0.2, 0) is 5.92 Å². The van der Waals surface area contributed by atoms with Crippen molar-refractivity contribution in [1.82, 2.24) is 15.0 Å². The number of rotatable bonds is 6. The van der Waals surface area contributed by atoms with E-state index in [1.165, 1.54) is 19.1 Å². The molecule has 1 aliphatic carbocycles. The monoisotopic (exact) mass is 474 g/mol. The van der Waals surface area contributed by atoms with Gasteiger partial charge >= 0.3 is 0 Å². The van der Waals surface area contributed by atoms with Gasteiger partial charge in [-0.05, 0) is 51.5 Å². The lowest BCUT2D eigenvalue weighted by Crippen LogP contribution is -2.23. The Kier molecular flexibility index (Phi) is 6.66. The van der Waals surface area contributed by atoms with Gasteiger partial charge in [0.2, 0.25) is 0 Å². The van der Waals surface area contributed by atoms with Crippen molar-refractivity contribution in [2.24, 2.45) is 0 Å². The predicted octanol–water partition coefficient (Wildman–Crippen LogP) is 5.46. The van der Waals surface area contributed by atoms with E-state index in [0.717, 1.165) is 6.07 Å². The summed E-state index contributed by atoms with van der Waals surface area (Å²) in [5.74, 6) is -3.42. The first-order chi connectivity index (χ1) is 16.1. The first-order valence-corrected chi connectivity index (χ1v) is 11.6. The third-order valence-corrected chi connectivity index (χ3v) is 6.67. The molecule has 4 rings (SSSR count). The van der Waals surface area contributed by atoms with Crippen molar-refractivity contribution >= 4 is 16.9 Å². The molecule has 0 spiro atoms. The number of aliphatic hydroxyl groups excluding tert-OH is 1. The lowest BCUT2D eigenvalue weighted by molar-refractivity contribution is -0.0119. The number of nitrogens with one attached hydrogen (secondary N) is 2. The van der Waals surface area contributed by atoms with Gasteiger partial charge in [-0.25, -0.2) is 23.1 Å². The van der Waals surface area contributed by atoms with Gasteiger partial charge < -0.3 is 15.4 Å².